The van der Waals surface area contributed by atoms with Crippen molar-refractivity contribution in [1.82, 2.24) is 4.72 Å². The number of hydrogen-bond acceptors (Lipinski definition) is 7. The standard InChI is InChI=1S/C20H21FN4O6S/c21-14-8-9-17(25(27)28)18(11-14)31-13-20(26)23-15-5-4-6-16(12-15)32(29,30)24-19-7-2-1-3-10-22-19/h4-6,8-9,11-12H,1-3,7,10,13H2,(H,22,24)(H,23,26). The summed E-state index contributed by atoms with van der Waals surface area (Å²) >= 11 is 0. The van der Waals surface area contributed by atoms with Crippen molar-refractivity contribution in [2.75, 3.05) is 18.5 Å². The number of aliphatic imine (C=N–C) groups is 1. The van der Waals surface area contributed by atoms with Gasteiger partial charge in [-0.25, -0.2) is 12.8 Å². The van der Waals surface area contributed by atoms with Crippen LogP contribution in [0.1, 0.15) is 25.7 Å². The number of nitro groups is 1. The molecule has 0 aliphatic carbocycles. The Bertz CT molecular complexity index is 1150. The Morgan fingerprint density at radius 1 is 1.19 bits per heavy atom. The van der Waals surface area contributed by atoms with Crippen molar-refractivity contribution in [3.63, 3.8) is 0 Å². The maximum absolute atomic E-state index is 13.4. The van der Waals surface area contributed by atoms with Gasteiger partial charge in [0.05, 0.1) is 9.82 Å². The van der Waals surface area contributed by atoms with Gasteiger partial charge in [0.25, 0.3) is 15.9 Å². The van der Waals surface area contributed by atoms with Crippen molar-refractivity contribution in [1.29, 1.82) is 0 Å². The van der Waals surface area contributed by atoms with Crippen LogP contribution < -0.4 is 14.8 Å². The molecule has 0 saturated carbocycles. The number of amidine groups is 1. The fourth-order valence-electron chi connectivity index (χ4n) is 3.01. The Morgan fingerprint density at radius 3 is 2.78 bits per heavy atom. The van der Waals surface area contributed by atoms with Gasteiger partial charge >= 0.3 is 5.69 Å². The first kappa shape index (κ1) is 23.1. The van der Waals surface area contributed by atoms with E-state index in [-0.39, 0.29) is 10.6 Å². The minimum Gasteiger partial charge on any atom is -0.477 e. The minimum atomic E-state index is -3.89. The highest BCUT2D eigenvalue weighted by Gasteiger charge is 2.19. The average molecular weight is 464 g/mol. The van der Waals surface area contributed by atoms with E-state index >= 15 is 0 Å². The lowest BCUT2D eigenvalue weighted by molar-refractivity contribution is -0.385. The predicted octanol–water partition coefficient (Wildman–Crippen LogP) is 3.00. The van der Waals surface area contributed by atoms with Crippen LogP contribution in [0.5, 0.6) is 5.75 Å². The monoisotopic (exact) mass is 464 g/mol. The van der Waals surface area contributed by atoms with Gasteiger partial charge in [0.1, 0.15) is 11.7 Å². The number of carbonyl (C=O) groups excluding carboxylic acids is 1. The second-order valence-electron chi connectivity index (χ2n) is 6.98. The van der Waals surface area contributed by atoms with Crippen molar-refractivity contribution >= 4 is 33.1 Å². The first-order valence-electron chi connectivity index (χ1n) is 9.77. The normalized spacial score (nSPS) is 14.1. The number of anilines is 1. The van der Waals surface area contributed by atoms with Crippen LogP contribution in [0.4, 0.5) is 15.8 Å². The third-order valence-electron chi connectivity index (χ3n) is 4.53. The van der Waals surface area contributed by atoms with Crippen LogP contribution in [0.25, 0.3) is 0 Å². The third-order valence-corrected chi connectivity index (χ3v) is 5.91. The number of amides is 1. The molecule has 2 N–H and O–H groups in total. The Morgan fingerprint density at radius 2 is 2.00 bits per heavy atom. The van der Waals surface area contributed by atoms with Crippen molar-refractivity contribution in [3.05, 3.63) is 58.4 Å². The molecule has 12 heteroatoms. The molecule has 0 bridgehead atoms. The topological polar surface area (TPSA) is 140 Å². The maximum atomic E-state index is 13.4. The van der Waals surface area contributed by atoms with Gasteiger partial charge in [0.15, 0.2) is 6.61 Å². The van der Waals surface area contributed by atoms with Crippen molar-refractivity contribution in [3.8, 4) is 5.75 Å². The summed E-state index contributed by atoms with van der Waals surface area (Å²) in [5, 5.41) is 13.4. The summed E-state index contributed by atoms with van der Waals surface area (Å²) < 4.78 is 46.3. The van der Waals surface area contributed by atoms with E-state index in [9.17, 15) is 27.7 Å². The Hall–Kier alpha value is -3.54. The van der Waals surface area contributed by atoms with E-state index in [0.29, 0.717) is 18.8 Å². The summed E-state index contributed by atoms with van der Waals surface area (Å²) in [5.74, 6) is -1.45. The zero-order valence-electron chi connectivity index (χ0n) is 16.9. The fourth-order valence-corrected chi connectivity index (χ4v) is 4.14. The number of benzene rings is 2. The molecule has 0 radical (unpaired) electrons. The quantitative estimate of drug-likeness (QED) is 0.477. The smallest absolute Gasteiger partial charge is 0.311 e. The highest BCUT2D eigenvalue weighted by atomic mass is 32.2. The number of sulfonamides is 1. The summed E-state index contributed by atoms with van der Waals surface area (Å²) in [6.45, 7) is -0.0756. The molecule has 0 aromatic heterocycles. The van der Waals surface area contributed by atoms with E-state index in [1.54, 1.807) is 0 Å². The molecular weight excluding hydrogens is 443 g/mol. The molecule has 2 aromatic carbocycles. The minimum absolute atomic E-state index is 0.0658. The zero-order chi connectivity index (χ0) is 23.1. The lowest BCUT2D eigenvalue weighted by Gasteiger charge is -2.12. The lowest BCUT2D eigenvalue weighted by Crippen LogP contribution is -2.30. The SMILES string of the molecule is O=C(COc1cc(F)ccc1[N+](=O)[O-])Nc1cccc(S(=O)(=O)NC2=NCCCCC2)c1. The Kier molecular flexibility index (Phi) is 7.36. The van der Waals surface area contributed by atoms with Crippen LogP contribution in [-0.2, 0) is 14.8 Å². The Labute approximate surface area is 183 Å². The molecule has 0 spiro atoms. The van der Waals surface area contributed by atoms with Crippen LogP contribution in [0, 0.1) is 15.9 Å². The molecule has 32 heavy (non-hydrogen) atoms. The first-order chi connectivity index (χ1) is 15.2. The first-order valence-corrected chi connectivity index (χ1v) is 11.3. The molecule has 0 fully saturated rings. The molecular formula is C20H21FN4O6S. The fraction of sp³-hybridized carbons (Fsp3) is 0.300. The van der Waals surface area contributed by atoms with E-state index < -0.39 is 44.7 Å². The van der Waals surface area contributed by atoms with Crippen molar-refractivity contribution < 1.29 is 27.3 Å². The molecule has 1 heterocycles. The lowest BCUT2D eigenvalue weighted by atomic mass is 10.2. The Balaban J connectivity index is 1.65. The van der Waals surface area contributed by atoms with E-state index in [0.717, 1.165) is 37.5 Å². The number of nitro benzene ring substituents is 1. The third kappa shape index (κ3) is 6.23. The predicted molar refractivity (Wildman–Crippen MR) is 115 cm³/mol. The van der Waals surface area contributed by atoms with Gasteiger partial charge < -0.3 is 10.1 Å². The maximum Gasteiger partial charge on any atom is 0.311 e. The summed E-state index contributed by atoms with van der Waals surface area (Å²) in [4.78, 5) is 26.6. The molecule has 1 amide bonds. The van der Waals surface area contributed by atoms with Gasteiger partial charge in [-0.1, -0.05) is 12.5 Å². The van der Waals surface area contributed by atoms with E-state index in [1.165, 1.54) is 24.3 Å². The summed E-state index contributed by atoms with van der Waals surface area (Å²) in [7, 11) is -3.89. The second kappa shape index (κ2) is 10.2. The number of rotatable bonds is 7. The summed E-state index contributed by atoms with van der Waals surface area (Å²) in [6.07, 6.45) is 3.28. The number of carbonyl (C=O) groups is 1. The van der Waals surface area contributed by atoms with Gasteiger partial charge in [-0.05, 0) is 37.1 Å². The molecule has 3 rings (SSSR count). The molecule has 10 nitrogen and oxygen atoms in total. The summed E-state index contributed by atoms with van der Waals surface area (Å²) in [6, 6.07) is 8.22. The molecule has 2 aromatic rings. The van der Waals surface area contributed by atoms with Crippen LogP contribution in [0.2, 0.25) is 0 Å². The van der Waals surface area contributed by atoms with Gasteiger partial charge in [-0.2, -0.15) is 0 Å². The molecule has 0 unspecified atom stereocenters. The number of ether oxygens (including phenoxy) is 1. The zero-order valence-corrected chi connectivity index (χ0v) is 17.7. The van der Waals surface area contributed by atoms with Crippen LogP contribution >= 0.6 is 0 Å². The van der Waals surface area contributed by atoms with Crippen molar-refractivity contribution in [2.24, 2.45) is 4.99 Å². The van der Waals surface area contributed by atoms with Gasteiger partial charge in [0, 0.05) is 30.8 Å². The molecule has 1 aliphatic rings. The highest BCUT2D eigenvalue weighted by molar-refractivity contribution is 7.90. The summed E-state index contributed by atoms with van der Waals surface area (Å²) in [5.41, 5.74) is -0.308. The van der Waals surface area contributed by atoms with Gasteiger partial charge in [-0.15, -0.1) is 0 Å². The second-order valence-corrected chi connectivity index (χ2v) is 8.66. The number of hydrogen-bond donors (Lipinski definition) is 2. The van der Waals surface area contributed by atoms with Gasteiger partial charge in [0.2, 0.25) is 5.75 Å². The highest BCUT2D eigenvalue weighted by Crippen LogP contribution is 2.27. The van der Waals surface area contributed by atoms with E-state index in [2.05, 4.69) is 15.0 Å². The van der Waals surface area contributed by atoms with Crippen LogP contribution in [0.15, 0.2) is 52.4 Å². The molecule has 1 aliphatic heterocycles. The van der Waals surface area contributed by atoms with E-state index in [4.69, 9.17) is 4.74 Å². The average Bonchev–Trinajstić information content (AvgIpc) is 3.00. The van der Waals surface area contributed by atoms with Crippen molar-refractivity contribution in [2.45, 2.75) is 30.6 Å². The number of halogens is 1. The van der Waals surface area contributed by atoms with E-state index in [1.807, 2.05) is 0 Å². The molecule has 0 saturated heterocycles. The van der Waals surface area contributed by atoms with Gasteiger partial charge in [-0.3, -0.25) is 24.6 Å². The molecule has 170 valence electrons. The molecule has 0 atom stereocenters. The van der Waals surface area contributed by atoms with Crippen LogP contribution in [-0.4, -0.2) is 38.2 Å². The number of nitrogens with one attached hydrogen (secondary N) is 2. The van der Waals surface area contributed by atoms with Crippen LogP contribution in [0.3, 0.4) is 0 Å². The largest absolute Gasteiger partial charge is 0.477 e. The number of nitrogens with zero attached hydrogens (tertiary/aromatic N) is 2.